The minimum Gasteiger partial charge on any atom is -0.476 e. The molecule has 0 saturated carbocycles. The first-order chi connectivity index (χ1) is 5.68. The van der Waals surface area contributed by atoms with E-state index in [0.717, 1.165) is 0 Å². The van der Waals surface area contributed by atoms with Crippen molar-refractivity contribution < 1.29 is 19.2 Å². The van der Waals surface area contributed by atoms with Crippen LogP contribution in [0.25, 0.3) is 0 Å². The van der Waals surface area contributed by atoms with Crippen molar-refractivity contribution in [3.8, 4) is 0 Å². The lowest BCUT2D eigenvalue weighted by molar-refractivity contribution is -0.877. The Hall–Kier alpha value is -1.16. The highest BCUT2D eigenvalue weighted by Gasteiger charge is 2.38. The molecule has 0 radical (unpaired) electrons. The maximum atomic E-state index is 11.4. The molecule has 13 heavy (non-hydrogen) atoms. The predicted octanol–water partition coefficient (Wildman–Crippen LogP) is 0.291. The Bertz CT molecular complexity index is 250. The third kappa shape index (κ3) is 2.99. The number of carboxylic acid groups (broad SMARTS) is 1. The number of carboxylic acids is 1. The Morgan fingerprint density at radius 2 is 1.69 bits per heavy atom. The molecule has 0 aromatic rings. The van der Waals surface area contributed by atoms with E-state index in [4.69, 9.17) is 5.11 Å². The van der Waals surface area contributed by atoms with Crippen molar-refractivity contribution in [3.63, 3.8) is 0 Å². The maximum absolute atomic E-state index is 11.4. The molecule has 0 saturated heterocycles. The number of nitrogens with zero attached hydrogens (tertiary/aromatic N) is 1. The molecule has 1 unspecified atom stereocenters. The van der Waals surface area contributed by atoms with E-state index < -0.39 is 17.8 Å². The summed E-state index contributed by atoms with van der Waals surface area (Å²) in [5.41, 5.74) is 0.278. The molecule has 1 atom stereocenters. The Labute approximate surface area is 78.1 Å². The molecule has 0 aliphatic rings. The third-order valence-corrected chi connectivity index (χ3v) is 1.68. The standard InChI is InChI=1S/C9H15NO3/c1-6(2)8(11)7(9(12)13)10(3,4)5/h7H,1H2,2-5H3/p+1. The summed E-state index contributed by atoms with van der Waals surface area (Å²) in [7, 11) is 5.00. The molecule has 0 aliphatic heterocycles. The normalized spacial score (nSPS) is 13.5. The number of hydrogen-bond donors (Lipinski definition) is 1. The maximum Gasteiger partial charge on any atom is 0.371 e. The van der Waals surface area contributed by atoms with Crippen LogP contribution < -0.4 is 0 Å². The molecule has 0 aromatic heterocycles. The van der Waals surface area contributed by atoms with E-state index in [0.29, 0.717) is 0 Å². The minimum atomic E-state index is -1.11. The van der Waals surface area contributed by atoms with Crippen LogP contribution in [0.2, 0.25) is 0 Å². The minimum absolute atomic E-state index is 0.0705. The van der Waals surface area contributed by atoms with Crippen molar-refractivity contribution in [2.75, 3.05) is 21.1 Å². The molecular weight excluding hydrogens is 170 g/mol. The molecule has 0 fully saturated rings. The average molecular weight is 186 g/mol. The lowest BCUT2D eigenvalue weighted by Gasteiger charge is -2.29. The van der Waals surface area contributed by atoms with E-state index in [2.05, 4.69) is 6.58 Å². The average Bonchev–Trinajstić information content (AvgIpc) is 1.82. The quantitative estimate of drug-likeness (QED) is 0.390. The Morgan fingerprint density at radius 1 is 1.31 bits per heavy atom. The van der Waals surface area contributed by atoms with E-state index in [1.165, 1.54) is 6.92 Å². The highest BCUT2D eigenvalue weighted by molar-refractivity contribution is 6.09. The second kappa shape index (κ2) is 3.70. The van der Waals surface area contributed by atoms with Crippen LogP contribution in [0.15, 0.2) is 12.2 Å². The van der Waals surface area contributed by atoms with Crippen molar-refractivity contribution in [2.24, 2.45) is 0 Å². The van der Waals surface area contributed by atoms with Gasteiger partial charge in [0.2, 0.25) is 11.8 Å². The van der Waals surface area contributed by atoms with Gasteiger partial charge in [0.25, 0.3) is 0 Å². The zero-order chi connectivity index (χ0) is 10.8. The summed E-state index contributed by atoms with van der Waals surface area (Å²) in [4.78, 5) is 22.2. The lowest BCUT2D eigenvalue weighted by atomic mass is 10.1. The number of hydrogen-bond acceptors (Lipinski definition) is 2. The molecule has 0 aliphatic carbocycles. The first-order valence-corrected chi connectivity index (χ1v) is 3.91. The first-order valence-electron chi connectivity index (χ1n) is 3.91. The number of carbonyl (C=O) groups is 2. The van der Waals surface area contributed by atoms with Crippen LogP contribution in [-0.4, -0.2) is 48.5 Å². The largest absolute Gasteiger partial charge is 0.476 e. The van der Waals surface area contributed by atoms with Crippen LogP contribution in [0.5, 0.6) is 0 Å². The van der Waals surface area contributed by atoms with Gasteiger partial charge in [0.15, 0.2) is 0 Å². The second-order valence-corrected chi connectivity index (χ2v) is 4.00. The van der Waals surface area contributed by atoms with Gasteiger partial charge < -0.3 is 9.59 Å². The van der Waals surface area contributed by atoms with Crippen molar-refractivity contribution in [1.82, 2.24) is 0 Å². The van der Waals surface area contributed by atoms with Gasteiger partial charge in [0.05, 0.1) is 21.1 Å². The smallest absolute Gasteiger partial charge is 0.371 e. The Balaban J connectivity index is 4.95. The molecule has 0 spiro atoms. The Kier molecular flexibility index (Phi) is 3.37. The number of likely N-dealkylation sites (N-methyl/N-ethyl adjacent to an activating group) is 1. The molecule has 0 heterocycles. The summed E-state index contributed by atoms with van der Waals surface area (Å²) in [6.07, 6.45) is 0. The molecule has 0 aromatic carbocycles. The van der Waals surface area contributed by atoms with Crippen LogP contribution in [0.4, 0.5) is 0 Å². The first kappa shape index (κ1) is 11.8. The van der Waals surface area contributed by atoms with Crippen LogP contribution in [0, 0.1) is 0 Å². The summed E-state index contributed by atoms with van der Waals surface area (Å²) in [5, 5.41) is 8.85. The highest BCUT2D eigenvalue weighted by Crippen LogP contribution is 2.09. The Morgan fingerprint density at radius 3 is 1.77 bits per heavy atom. The van der Waals surface area contributed by atoms with E-state index in [1.54, 1.807) is 21.1 Å². The second-order valence-electron chi connectivity index (χ2n) is 4.00. The van der Waals surface area contributed by atoms with Crippen molar-refractivity contribution in [1.29, 1.82) is 0 Å². The van der Waals surface area contributed by atoms with Gasteiger partial charge in [-0.3, -0.25) is 4.79 Å². The molecule has 1 N–H and O–H groups in total. The summed E-state index contributed by atoms with van der Waals surface area (Å²) >= 11 is 0. The van der Waals surface area contributed by atoms with Gasteiger partial charge in [0.1, 0.15) is 0 Å². The summed E-state index contributed by atoms with van der Waals surface area (Å²) < 4.78 is 0.0705. The van der Waals surface area contributed by atoms with E-state index in [-0.39, 0.29) is 10.1 Å². The summed E-state index contributed by atoms with van der Waals surface area (Å²) in [6, 6.07) is -1.06. The van der Waals surface area contributed by atoms with Gasteiger partial charge in [-0.25, -0.2) is 4.79 Å². The van der Waals surface area contributed by atoms with Crippen LogP contribution in [-0.2, 0) is 9.59 Å². The monoisotopic (exact) mass is 186 g/mol. The molecule has 4 heteroatoms. The van der Waals surface area contributed by atoms with Crippen molar-refractivity contribution in [2.45, 2.75) is 13.0 Å². The number of aliphatic carboxylic acids is 1. The number of ketones is 1. The summed E-state index contributed by atoms with van der Waals surface area (Å²) in [6.45, 7) is 4.97. The number of quaternary nitrogens is 1. The number of carbonyl (C=O) groups excluding carboxylic acids is 1. The lowest BCUT2D eigenvalue weighted by Crippen LogP contribution is -2.54. The van der Waals surface area contributed by atoms with Crippen LogP contribution in [0.1, 0.15) is 6.92 Å². The zero-order valence-electron chi connectivity index (χ0n) is 8.50. The van der Waals surface area contributed by atoms with E-state index in [9.17, 15) is 9.59 Å². The fourth-order valence-corrected chi connectivity index (χ4v) is 1.03. The third-order valence-electron chi connectivity index (χ3n) is 1.68. The topological polar surface area (TPSA) is 54.4 Å². The zero-order valence-corrected chi connectivity index (χ0v) is 8.50. The van der Waals surface area contributed by atoms with Crippen LogP contribution in [0.3, 0.4) is 0 Å². The van der Waals surface area contributed by atoms with Crippen molar-refractivity contribution >= 4 is 11.8 Å². The highest BCUT2D eigenvalue weighted by atomic mass is 16.4. The summed E-state index contributed by atoms with van der Waals surface area (Å²) in [5.74, 6) is -1.53. The fourth-order valence-electron chi connectivity index (χ4n) is 1.03. The molecular formula is C9H16NO3+. The van der Waals surface area contributed by atoms with Gasteiger partial charge in [0, 0.05) is 0 Å². The van der Waals surface area contributed by atoms with Gasteiger partial charge >= 0.3 is 5.97 Å². The van der Waals surface area contributed by atoms with Gasteiger partial charge in [-0.05, 0) is 12.5 Å². The number of rotatable bonds is 4. The molecule has 0 amide bonds. The molecule has 4 nitrogen and oxygen atoms in total. The van der Waals surface area contributed by atoms with E-state index in [1.807, 2.05) is 0 Å². The molecule has 0 rings (SSSR count). The predicted molar refractivity (Wildman–Crippen MR) is 49.3 cm³/mol. The number of Topliss-reactive ketones (excluding diaryl/α,β-unsaturated/α-hetero) is 1. The SMILES string of the molecule is C=C(C)C(=O)C(C(=O)O)[N+](C)(C)C. The van der Waals surface area contributed by atoms with Gasteiger partial charge in [-0.2, -0.15) is 0 Å². The van der Waals surface area contributed by atoms with Crippen molar-refractivity contribution in [3.05, 3.63) is 12.2 Å². The van der Waals surface area contributed by atoms with Gasteiger partial charge in [-0.1, -0.05) is 6.58 Å². The van der Waals surface area contributed by atoms with Gasteiger partial charge in [-0.15, -0.1) is 0 Å². The molecule has 0 bridgehead atoms. The molecule has 74 valence electrons. The fraction of sp³-hybridized carbons (Fsp3) is 0.556. The van der Waals surface area contributed by atoms with E-state index >= 15 is 0 Å². The van der Waals surface area contributed by atoms with Crippen LogP contribution >= 0.6 is 0 Å².